The van der Waals surface area contributed by atoms with Crippen LogP contribution in [0.25, 0.3) is 16.7 Å². The summed E-state index contributed by atoms with van der Waals surface area (Å²) < 4.78 is 13.0. The molecule has 0 aliphatic rings. The quantitative estimate of drug-likeness (QED) is 0.386. The number of carbonyl (C=O) groups excluding carboxylic acids is 1. The lowest BCUT2D eigenvalue weighted by atomic mass is 10.0. The average Bonchev–Trinajstić information content (AvgIpc) is 3.16. The van der Waals surface area contributed by atoms with E-state index < -0.39 is 0 Å². The second kappa shape index (κ2) is 9.95. The minimum atomic E-state index is -0.0702. The zero-order valence-electron chi connectivity index (χ0n) is 20.3. The Morgan fingerprint density at radius 3 is 2.38 bits per heavy atom. The Kier molecular flexibility index (Phi) is 6.82. The molecule has 0 bridgehead atoms. The van der Waals surface area contributed by atoms with Crippen LogP contribution in [0.15, 0.2) is 48.5 Å². The molecule has 0 atom stereocenters. The van der Waals surface area contributed by atoms with Crippen LogP contribution in [0.3, 0.4) is 0 Å². The highest BCUT2D eigenvalue weighted by Gasteiger charge is 2.20. The van der Waals surface area contributed by atoms with Crippen LogP contribution in [-0.4, -0.2) is 34.4 Å². The van der Waals surface area contributed by atoms with Gasteiger partial charge in [-0.1, -0.05) is 17.7 Å². The number of carbonyl (C=O) groups is 1. The highest BCUT2D eigenvalue weighted by molar-refractivity contribution is 5.91. The summed E-state index contributed by atoms with van der Waals surface area (Å²) in [5.41, 5.74) is 6.50. The van der Waals surface area contributed by atoms with E-state index in [9.17, 15) is 4.79 Å². The van der Waals surface area contributed by atoms with Crippen LogP contribution >= 0.6 is 0 Å². The van der Waals surface area contributed by atoms with Crippen LogP contribution in [0.4, 0.5) is 5.69 Å². The number of pyridine rings is 1. The fourth-order valence-electron chi connectivity index (χ4n) is 4.09. The van der Waals surface area contributed by atoms with E-state index in [2.05, 4.69) is 31.3 Å². The third-order valence-corrected chi connectivity index (χ3v) is 5.86. The SMILES string of the molecule is CCOc1nc2c(c(C)nn2-c2ccc(C)cc2)c(C)c1CCC(=O)Nc1ccc(OC)cc1. The van der Waals surface area contributed by atoms with Gasteiger partial charge in [-0.3, -0.25) is 4.79 Å². The molecule has 0 aliphatic carbocycles. The van der Waals surface area contributed by atoms with E-state index in [-0.39, 0.29) is 5.91 Å². The van der Waals surface area contributed by atoms with Gasteiger partial charge in [0, 0.05) is 23.1 Å². The van der Waals surface area contributed by atoms with Gasteiger partial charge in [0.2, 0.25) is 11.8 Å². The first-order chi connectivity index (χ1) is 16.4. The van der Waals surface area contributed by atoms with Gasteiger partial charge >= 0.3 is 0 Å². The van der Waals surface area contributed by atoms with Crippen molar-refractivity contribution in [2.75, 3.05) is 19.0 Å². The lowest BCUT2D eigenvalue weighted by Gasteiger charge is -2.14. The van der Waals surface area contributed by atoms with Crippen LogP contribution in [0.5, 0.6) is 11.6 Å². The Bertz CT molecular complexity index is 1310. The molecule has 0 radical (unpaired) electrons. The number of hydrogen-bond acceptors (Lipinski definition) is 5. The third kappa shape index (κ3) is 4.73. The maximum Gasteiger partial charge on any atom is 0.224 e. The van der Waals surface area contributed by atoms with Crippen molar-refractivity contribution in [3.63, 3.8) is 0 Å². The summed E-state index contributed by atoms with van der Waals surface area (Å²) in [6, 6.07) is 15.5. The lowest BCUT2D eigenvalue weighted by molar-refractivity contribution is -0.116. The van der Waals surface area contributed by atoms with Gasteiger partial charge in [-0.05, 0) is 76.1 Å². The molecule has 0 saturated carbocycles. The molecule has 7 nitrogen and oxygen atoms in total. The van der Waals surface area contributed by atoms with Crippen molar-refractivity contribution in [3.8, 4) is 17.3 Å². The number of benzene rings is 2. The summed E-state index contributed by atoms with van der Waals surface area (Å²) >= 11 is 0. The molecule has 1 amide bonds. The molecule has 176 valence electrons. The highest BCUT2D eigenvalue weighted by atomic mass is 16.5. The van der Waals surface area contributed by atoms with Crippen LogP contribution in [0.1, 0.15) is 35.7 Å². The van der Waals surface area contributed by atoms with Crippen molar-refractivity contribution >= 4 is 22.6 Å². The fourth-order valence-corrected chi connectivity index (χ4v) is 4.09. The smallest absolute Gasteiger partial charge is 0.224 e. The Balaban J connectivity index is 1.63. The molecule has 0 spiro atoms. The van der Waals surface area contributed by atoms with E-state index in [1.165, 1.54) is 5.56 Å². The van der Waals surface area contributed by atoms with E-state index in [1.54, 1.807) is 7.11 Å². The van der Waals surface area contributed by atoms with Crippen molar-refractivity contribution < 1.29 is 14.3 Å². The molecule has 34 heavy (non-hydrogen) atoms. The molecule has 0 unspecified atom stereocenters. The van der Waals surface area contributed by atoms with Gasteiger partial charge in [0.15, 0.2) is 5.65 Å². The number of aromatic nitrogens is 3. The summed E-state index contributed by atoms with van der Waals surface area (Å²) in [4.78, 5) is 17.5. The Morgan fingerprint density at radius 1 is 1.03 bits per heavy atom. The van der Waals surface area contributed by atoms with E-state index in [4.69, 9.17) is 19.6 Å². The van der Waals surface area contributed by atoms with Gasteiger partial charge < -0.3 is 14.8 Å². The fraction of sp³-hybridized carbons (Fsp3) is 0.296. The largest absolute Gasteiger partial charge is 0.497 e. The Hall–Kier alpha value is -3.87. The van der Waals surface area contributed by atoms with E-state index >= 15 is 0 Å². The molecule has 2 aromatic carbocycles. The number of hydrogen-bond donors (Lipinski definition) is 1. The van der Waals surface area contributed by atoms with Gasteiger partial charge in [-0.15, -0.1) is 0 Å². The van der Waals surface area contributed by atoms with Crippen LogP contribution in [0, 0.1) is 20.8 Å². The van der Waals surface area contributed by atoms with E-state index in [0.717, 1.165) is 45.0 Å². The van der Waals surface area contributed by atoms with E-state index in [1.807, 2.05) is 54.9 Å². The predicted octanol–water partition coefficient (Wildman–Crippen LogP) is 5.32. The molecule has 2 aromatic heterocycles. The Morgan fingerprint density at radius 2 is 1.74 bits per heavy atom. The van der Waals surface area contributed by atoms with Gasteiger partial charge in [-0.2, -0.15) is 10.1 Å². The summed E-state index contributed by atoms with van der Waals surface area (Å²) in [6.07, 6.45) is 0.826. The minimum Gasteiger partial charge on any atom is -0.497 e. The van der Waals surface area contributed by atoms with Gasteiger partial charge in [0.05, 0.1) is 25.1 Å². The van der Waals surface area contributed by atoms with E-state index in [0.29, 0.717) is 25.3 Å². The number of aryl methyl sites for hydroxylation is 3. The van der Waals surface area contributed by atoms with Crippen LogP contribution in [-0.2, 0) is 11.2 Å². The maximum atomic E-state index is 12.6. The monoisotopic (exact) mass is 458 g/mol. The molecule has 4 rings (SSSR count). The molecule has 4 aromatic rings. The lowest BCUT2D eigenvalue weighted by Crippen LogP contribution is -2.13. The number of methoxy groups -OCH3 is 1. The first kappa shape index (κ1) is 23.3. The normalized spacial score (nSPS) is 11.0. The first-order valence-electron chi connectivity index (χ1n) is 11.4. The number of ether oxygens (including phenoxy) is 2. The topological polar surface area (TPSA) is 78.3 Å². The molecule has 0 saturated heterocycles. The molecule has 1 N–H and O–H groups in total. The minimum absolute atomic E-state index is 0.0702. The second-order valence-electron chi connectivity index (χ2n) is 8.26. The number of anilines is 1. The van der Waals surface area contributed by atoms with Crippen molar-refractivity contribution in [2.24, 2.45) is 0 Å². The summed E-state index contributed by atoms with van der Waals surface area (Å²) in [6.45, 7) is 8.52. The standard InChI is InChI=1S/C27H30N4O3/c1-6-34-27-23(15-16-24(32)28-20-9-13-22(33-5)14-10-20)18(3)25-19(4)30-31(26(25)29-27)21-11-7-17(2)8-12-21/h7-14H,6,15-16H2,1-5H3,(H,28,32). The van der Waals surface area contributed by atoms with Gasteiger partial charge in [-0.25, -0.2) is 4.68 Å². The molecular weight excluding hydrogens is 428 g/mol. The first-order valence-corrected chi connectivity index (χ1v) is 11.4. The van der Waals surface area contributed by atoms with Crippen molar-refractivity contribution in [1.82, 2.24) is 14.8 Å². The third-order valence-electron chi connectivity index (χ3n) is 5.86. The number of amides is 1. The van der Waals surface area contributed by atoms with Gasteiger partial charge in [0.25, 0.3) is 0 Å². The number of nitrogens with one attached hydrogen (secondary N) is 1. The van der Waals surface area contributed by atoms with Gasteiger partial charge in [0.1, 0.15) is 5.75 Å². The number of rotatable bonds is 8. The average molecular weight is 459 g/mol. The summed E-state index contributed by atoms with van der Waals surface area (Å²) in [5, 5.41) is 8.70. The zero-order valence-corrected chi connectivity index (χ0v) is 20.3. The van der Waals surface area contributed by atoms with Crippen molar-refractivity contribution in [1.29, 1.82) is 0 Å². The highest BCUT2D eigenvalue weighted by Crippen LogP contribution is 2.32. The molecule has 0 fully saturated rings. The van der Waals surface area contributed by atoms with Crippen LogP contribution in [0.2, 0.25) is 0 Å². The number of fused-ring (bicyclic) bond motifs is 1. The van der Waals surface area contributed by atoms with Crippen LogP contribution < -0.4 is 14.8 Å². The second-order valence-corrected chi connectivity index (χ2v) is 8.26. The molecular formula is C27H30N4O3. The van der Waals surface area contributed by atoms with Crippen molar-refractivity contribution in [3.05, 3.63) is 70.9 Å². The molecule has 2 heterocycles. The van der Waals surface area contributed by atoms with Crippen molar-refractivity contribution in [2.45, 2.75) is 40.5 Å². The Labute approximate surface area is 199 Å². The summed E-state index contributed by atoms with van der Waals surface area (Å²) in [7, 11) is 1.61. The summed E-state index contributed by atoms with van der Waals surface area (Å²) in [5.74, 6) is 1.23. The molecule has 0 aliphatic heterocycles. The zero-order chi connectivity index (χ0) is 24.2. The maximum absolute atomic E-state index is 12.6. The predicted molar refractivity (Wildman–Crippen MR) is 134 cm³/mol. The number of nitrogens with zero attached hydrogens (tertiary/aromatic N) is 3. The molecule has 7 heteroatoms.